The highest BCUT2D eigenvalue weighted by molar-refractivity contribution is 6.02. The fourth-order valence-corrected chi connectivity index (χ4v) is 3.06. The third kappa shape index (κ3) is 3.70. The first-order valence-electron chi connectivity index (χ1n) is 8.61. The molecule has 0 unspecified atom stereocenters. The molecular formula is C18H25N3O3. The fourth-order valence-electron chi connectivity index (χ4n) is 3.06. The maximum atomic E-state index is 12.3. The van der Waals surface area contributed by atoms with E-state index in [1.807, 2.05) is 0 Å². The highest BCUT2D eigenvalue weighted by Gasteiger charge is 2.35. The minimum absolute atomic E-state index is 0.127. The normalized spacial score (nSPS) is 19.3. The zero-order valence-corrected chi connectivity index (χ0v) is 14.4. The van der Waals surface area contributed by atoms with Crippen molar-refractivity contribution in [3.63, 3.8) is 0 Å². The van der Waals surface area contributed by atoms with Gasteiger partial charge in [0.05, 0.1) is 5.69 Å². The number of nitrogens with one attached hydrogen (secondary N) is 2. The summed E-state index contributed by atoms with van der Waals surface area (Å²) in [6.07, 6.45) is 3.52. The van der Waals surface area contributed by atoms with Gasteiger partial charge < -0.3 is 20.3 Å². The number of amides is 2. The van der Waals surface area contributed by atoms with Crippen molar-refractivity contribution in [1.29, 1.82) is 0 Å². The monoisotopic (exact) mass is 331 g/mol. The SMILES string of the molecule is CC1(C)Oc2ccc(C(=O)NCCCN3CCCC3)cc2NC1=O. The Bertz CT molecular complexity index is 636. The van der Waals surface area contributed by atoms with Gasteiger partial charge in [-0.25, -0.2) is 0 Å². The quantitative estimate of drug-likeness (QED) is 0.810. The number of carbonyl (C=O) groups is 2. The van der Waals surface area contributed by atoms with Gasteiger partial charge >= 0.3 is 0 Å². The van der Waals surface area contributed by atoms with Crippen LogP contribution in [-0.2, 0) is 4.79 Å². The van der Waals surface area contributed by atoms with E-state index in [1.54, 1.807) is 32.0 Å². The number of ether oxygens (including phenoxy) is 1. The Balaban J connectivity index is 1.54. The lowest BCUT2D eigenvalue weighted by Crippen LogP contribution is -2.45. The van der Waals surface area contributed by atoms with Gasteiger partial charge in [0.1, 0.15) is 5.75 Å². The Labute approximate surface area is 142 Å². The van der Waals surface area contributed by atoms with E-state index in [9.17, 15) is 9.59 Å². The van der Waals surface area contributed by atoms with Crippen LogP contribution in [0.3, 0.4) is 0 Å². The van der Waals surface area contributed by atoms with Crippen molar-refractivity contribution in [2.45, 2.75) is 38.7 Å². The molecule has 3 rings (SSSR count). The van der Waals surface area contributed by atoms with Gasteiger partial charge in [-0.05, 0) is 70.9 Å². The van der Waals surface area contributed by atoms with E-state index >= 15 is 0 Å². The van der Waals surface area contributed by atoms with Crippen LogP contribution in [-0.4, -0.2) is 48.5 Å². The van der Waals surface area contributed by atoms with Crippen molar-refractivity contribution in [1.82, 2.24) is 10.2 Å². The molecular weight excluding hydrogens is 306 g/mol. The molecule has 2 N–H and O–H groups in total. The van der Waals surface area contributed by atoms with Gasteiger partial charge in [0.15, 0.2) is 5.60 Å². The molecule has 130 valence electrons. The maximum absolute atomic E-state index is 12.3. The molecule has 0 radical (unpaired) electrons. The van der Waals surface area contributed by atoms with E-state index in [0.29, 0.717) is 23.5 Å². The van der Waals surface area contributed by atoms with Crippen LogP contribution in [0.1, 0.15) is 43.5 Å². The number of anilines is 1. The van der Waals surface area contributed by atoms with E-state index in [4.69, 9.17) is 4.74 Å². The second-order valence-electron chi connectivity index (χ2n) is 6.94. The van der Waals surface area contributed by atoms with Gasteiger partial charge in [-0.3, -0.25) is 9.59 Å². The number of rotatable bonds is 5. The zero-order chi connectivity index (χ0) is 17.2. The summed E-state index contributed by atoms with van der Waals surface area (Å²) in [4.78, 5) is 26.6. The second-order valence-corrected chi connectivity index (χ2v) is 6.94. The molecule has 2 aliphatic heterocycles. The summed E-state index contributed by atoms with van der Waals surface area (Å²) in [6, 6.07) is 5.12. The van der Waals surface area contributed by atoms with Crippen LogP contribution in [0.2, 0.25) is 0 Å². The van der Waals surface area contributed by atoms with Gasteiger partial charge in [0.25, 0.3) is 11.8 Å². The van der Waals surface area contributed by atoms with Crippen LogP contribution in [0, 0.1) is 0 Å². The molecule has 0 atom stereocenters. The van der Waals surface area contributed by atoms with Crippen LogP contribution in [0.4, 0.5) is 5.69 Å². The standard InChI is InChI=1S/C18H25N3O3/c1-18(2)17(23)20-14-12-13(6-7-15(14)24-18)16(22)19-8-5-11-21-9-3-4-10-21/h6-7,12H,3-5,8-11H2,1-2H3,(H,19,22)(H,20,23). The minimum Gasteiger partial charge on any atom is -0.476 e. The van der Waals surface area contributed by atoms with Crippen LogP contribution in [0.5, 0.6) is 5.75 Å². The Morgan fingerprint density at radius 2 is 2.08 bits per heavy atom. The average molecular weight is 331 g/mol. The molecule has 0 aromatic heterocycles. The first-order chi connectivity index (χ1) is 11.5. The van der Waals surface area contributed by atoms with Crippen molar-refractivity contribution in [3.8, 4) is 5.75 Å². The Morgan fingerprint density at radius 3 is 2.83 bits per heavy atom. The lowest BCUT2D eigenvalue weighted by Gasteiger charge is -2.31. The smallest absolute Gasteiger partial charge is 0.268 e. The third-order valence-corrected chi connectivity index (χ3v) is 4.54. The predicted molar refractivity (Wildman–Crippen MR) is 92.4 cm³/mol. The summed E-state index contributed by atoms with van der Waals surface area (Å²) in [6.45, 7) is 7.47. The summed E-state index contributed by atoms with van der Waals surface area (Å²) < 4.78 is 5.67. The van der Waals surface area contributed by atoms with E-state index in [-0.39, 0.29) is 11.8 Å². The predicted octanol–water partition coefficient (Wildman–Crippen LogP) is 2.01. The topological polar surface area (TPSA) is 70.7 Å². The molecule has 2 aliphatic rings. The van der Waals surface area contributed by atoms with E-state index in [1.165, 1.54) is 25.9 Å². The summed E-state index contributed by atoms with van der Waals surface area (Å²) in [7, 11) is 0. The Hall–Kier alpha value is -2.08. The van der Waals surface area contributed by atoms with Crippen molar-refractivity contribution < 1.29 is 14.3 Å². The molecule has 1 aromatic rings. The summed E-state index contributed by atoms with van der Waals surface area (Å²) >= 11 is 0. The lowest BCUT2D eigenvalue weighted by molar-refractivity contribution is -0.129. The van der Waals surface area contributed by atoms with Crippen molar-refractivity contribution in [3.05, 3.63) is 23.8 Å². The van der Waals surface area contributed by atoms with Crippen LogP contribution in [0.25, 0.3) is 0 Å². The maximum Gasteiger partial charge on any atom is 0.268 e. The van der Waals surface area contributed by atoms with Gasteiger partial charge in [-0.1, -0.05) is 0 Å². The van der Waals surface area contributed by atoms with Crippen LogP contribution < -0.4 is 15.4 Å². The van der Waals surface area contributed by atoms with Gasteiger partial charge in [-0.2, -0.15) is 0 Å². The molecule has 0 spiro atoms. The number of likely N-dealkylation sites (tertiary alicyclic amines) is 1. The molecule has 1 fully saturated rings. The second kappa shape index (κ2) is 6.81. The van der Waals surface area contributed by atoms with Crippen LogP contribution >= 0.6 is 0 Å². The van der Waals surface area contributed by atoms with Gasteiger partial charge in [0.2, 0.25) is 0 Å². The molecule has 2 heterocycles. The van der Waals surface area contributed by atoms with E-state index in [0.717, 1.165) is 13.0 Å². The van der Waals surface area contributed by atoms with Crippen LogP contribution in [0.15, 0.2) is 18.2 Å². The number of hydrogen-bond acceptors (Lipinski definition) is 4. The van der Waals surface area contributed by atoms with Gasteiger partial charge in [-0.15, -0.1) is 0 Å². The van der Waals surface area contributed by atoms with E-state index in [2.05, 4.69) is 15.5 Å². The molecule has 0 aliphatic carbocycles. The van der Waals surface area contributed by atoms with E-state index < -0.39 is 5.60 Å². The van der Waals surface area contributed by atoms with Crippen molar-refractivity contribution >= 4 is 17.5 Å². The largest absolute Gasteiger partial charge is 0.476 e. The first-order valence-corrected chi connectivity index (χ1v) is 8.61. The Kier molecular flexibility index (Phi) is 4.76. The summed E-state index contributed by atoms with van der Waals surface area (Å²) in [5.41, 5.74) is 0.175. The molecule has 2 amide bonds. The molecule has 0 saturated carbocycles. The number of nitrogens with zero attached hydrogens (tertiary/aromatic N) is 1. The average Bonchev–Trinajstić information content (AvgIpc) is 3.05. The fraction of sp³-hybridized carbons (Fsp3) is 0.556. The zero-order valence-electron chi connectivity index (χ0n) is 14.4. The lowest BCUT2D eigenvalue weighted by atomic mass is 10.0. The number of fused-ring (bicyclic) bond motifs is 1. The highest BCUT2D eigenvalue weighted by Crippen LogP contribution is 2.34. The first kappa shape index (κ1) is 16.8. The molecule has 6 nitrogen and oxygen atoms in total. The summed E-state index contributed by atoms with van der Waals surface area (Å²) in [5, 5.41) is 5.74. The molecule has 0 bridgehead atoms. The molecule has 1 aromatic carbocycles. The third-order valence-electron chi connectivity index (χ3n) is 4.54. The number of carbonyl (C=O) groups excluding carboxylic acids is 2. The minimum atomic E-state index is -0.896. The molecule has 6 heteroatoms. The van der Waals surface area contributed by atoms with Crippen molar-refractivity contribution in [2.75, 3.05) is 31.5 Å². The van der Waals surface area contributed by atoms with Gasteiger partial charge in [0, 0.05) is 12.1 Å². The Morgan fingerprint density at radius 1 is 1.33 bits per heavy atom. The van der Waals surface area contributed by atoms with Crippen molar-refractivity contribution in [2.24, 2.45) is 0 Å². The summed E-state index contributed by atoms with van der Waals surface area (Å²) in [5.74, 6) is 0.252. The number of benzene rings is 1. The number of hydrogen-bond donors (Lipinski definition) is 2. The molecule has 24 heavy (non-hydrogen) atoms. The molecule has 1 saturated heterocycles. The highest BCUT2D eigenvalue weighted by atomic mass is 16.5.